The molecule has 170 valence electrons. The number of thiophene rings is 1. The van der Waals surface area contributed by atoms with Gasteiger partial charge in [-0.15, -0.1) is 11.3 Å². The Labute approximate surface area is 189 Å². The van der Waals surface area contributed by atoms with Gasteiger partial charge in [-0.2, -0.15) is 0 Å². The molecule has 1 atom stereocenters. The SMILES string of the molecule is CCP(=O)(O)Cc1cccc(Nc2sc(-c3ccc(C(C)(C)O)cc3F)cc2C(N)=O)n1. The van der Waals surface area contributed by atoms with Gasteiger partial charge in [-0.1, -0.05) is 25.1 Å². The van der Waals surface area contributed by atoms with E-state index in [0.717, 1.165) is 11.3 Å². The van der Waals surface area contributed by atoms with E-state index in [-0.39, 0.29) is 23.5 Å². The Bertz CT molecular complexity index is 1210. The minimum absolute atomic E-state index is 0.0594. The summed E-state index contributed by atoms with van der Waals surface area (Å²) in [7, 11) is -3.30. The van der Waals surface area contributed by atoms with Crippen LogP contribution >= 0.6 is 18.7 Å². The first-order chi connectivity index (χ1) is 14.9. The fraction of sp³-hybridized carbons (Fsp3) is 0.273. The molecule has 0 aliphatic rings. The number of nitrogens with zero attached hydrogens (tertiary/aromatic N) is 1. The molecule has 0 spiro atoms. The molecule has 3 aromatic rings. The van der Waals surface area contributed by atoms with Crippen molar-refractivity contribution in [3.05, 3.63) is 65.1 Å². The number of primary amides is 1. The third kappa shape index (κ3) is 5.61. The lowest BCUT2D eigenvalue weighted by Gasteiger charge is -2.18. The molecule has 7 nitrogen and oxygen atoms in total. The number of benzene rings is 1. The number of anilines is 2. The Hall–Kier alpha value is -2.58. The zero-order valence-electron chi connectivity index (χ0n) is 17.9. The number of nitrogens with one attached hydrogen (secondary N) is 1. The summed E-state index contributed by atoms with van der Waals surface area (Å²) < 4.78 is 26.8. The number of halogens is 1. The second-order valence-corrected chi connectivity index (χ2v) is 11.6. The molecule has 5 N–H and O–H groups in total. The van der Waals surface area contributed by atoms with Gasteiger partial charge >= 0.3 is 0 Å². The van der Waals surface area contributed by atoms with Crippen molar-refractivity contribution in [2.45, 2.75) is 32.5 Å². The van der Waals surface area contributed by atoms with Crippen molar-refractivity contribution in [1.29, 1.82) is 0 Å². The largest absolute Gasteiger partial charge is 0.386 e. The zero-order valence-corrected chi connectivity index (χ0v) is 19.6. The summed E-state index contributed by atoms with van der Waals surface area (Å²) in [5.41, 5.74) is 5.64. The summed E-state index contributed by atoms with van der Waals surface area (Å²) in [6.07, 6.45) is 0.0837. The standard InChI is InChI=1S/C22H25FN3O4PS/c1-4-31(29,30)12-14-6-5-7-19(25-14)26-21-16(20(24)27)11-18(32-21)15-9-8-13(10-17(15)23)22(2,3)28/h5-11,28H,4,12H2,1-3H3,(H2,24,27)(H,25,26)(H,29,30). The van der Waals surface area contributed by atoms with Gasteiger partial charge in [0.05, 0.1) is 23.0 Å². The molecule has 0 radical (unpaired) electrons. The Morgan fingerprint density at radius 3 is 2.59 bits per heavy atom. The number of nitrogens with two attached hydrogens (primary N) is 1. The lowest BCUT2D eigenvalue weighted by molar-refractivity contribution is 0.0782. The van der Waals surface area contributed by atoms with Gasteiger partial charge < -0.3 is 21.1 Å². The van der Waals surface area contributed by atoms with E-state index in [9.17, 15) is 23.7 Å². The topological polar surface area (TPSA) is 126 Å². The minimum atomic E-state index is -3.30. The highest BCUT2D eigenvalue weighted by atomic mass is 32.1. The molecule has 0 aliphatic carbocycles. The number of carbonyl (C=O) groups is 1. The lowest BCUT2D eigenvalue weighted by atomic mass is 9.96. The van der Waals surface area contributed by atoms with Crippen LogP contribution in [0.5, 0.6) is 0 Å². The van der Waals surface area contributed by atoms with Gasteiger partial charge in [0, 0.05) is 16.6 Å². The van der Waals surface area contributed by atoms with Crippen LogP contribution in [-0.2, 0) is 16.3 Å². The van der Waals surface area contributed by atoms with Crippen molar-refractivity contribution in [2.75, 3.05) is 11.5 Å². The second-order valence-electron chi connectivity index (χ2n) is 7.93. The van der Waals surface area contributed by atoms with Crippen molar-refractivity contribution in [1.82, 2.24) is 4.98 Å². The quantitative estimate of drug-likeness (QED) is 0.345. The van der Waals surface area contributed by atoms with E-state index in [1.165, 1.54) is 12.1 Å². The molecule has 0 saturated heterocycles. The van der Waals surface area contributed by atoms with Crippen LogP contribution in [0.1, 0.15) is 42.4 Å². The smallest absolute Gasteiger partial charge is 0.251 e. The maximum absolute atomic E-state index is 14.8. The van der Waals surface area contributed by atoms with Crippen LogP contribution in [0.2, 0.25) is 0 Å². The van der Waals surface area contributed by atoms with Gasteiger partial charge in [0.25, 0.3) is 5.91 Å². The molecule has 3 rings (SSSR count). The zero-order chi connectivity index (χ0) is 23.7. The molecule has 2 heterocycles. The molecule has 0 fully saturated rings. The van der Waals surface area contributed by atoms with E-state index in [1.54, 1.807) is 51.1 Å². The summed E-state index contributed by atoms with van der Waals surface area (Å²) in [5.74, 6) is -0.857. The van der Waals surface area contributed by atoms with Crippen LogP contribution in [-0.4, -0.2) is 27.1 Å². The average Bonchev–Trinajstić information content (AvgIpc) is 3.11. The number of aromatic nitrogens is 1. The number of hydrogen-bond acceptors (Lipinski definition) is 6. The Balaban J connectivity index is 1.95. The molecular formula is C22H25FN3O4PS. The normalized spacial score (nSPS) is 13.6. The van der Waals surface area contributed by atoms with Crippen molar-refractivity contribution >= 4 is 35.4 Å². The van der Waals surface area contributed by atoms with Gasteiger partial charge in [-0.25, -0.2) is 9.37 Å². The monoisotopic (exact) mass is 477 g/mol. The van der Waals surface area contributed by atoms with Crippen LogP contribution < -0.4 is 11.1 Å². The summed E-state index contributed by atoms with van der Waals surface area (Å²) in [4.78, 5) is 26.7. The highest BCUT2D eigenvalue weighted by Crippen LogP contribution is 2.43. The van der Waals surface area contributed by atoms with Crippen LogP contribution in [0.15, 0.2) is 42.5 Å². The molecule has 2 aromatic heterocycles. The predicted molar refractivity (Wildman–Crippen MR) is 125 cm³/mol. The van der Waals surface area contributed by atoms with Crippen LogP contribution in [0.25, 0.3) is 10.4 Å². The molecule has 1 unspecified atom stereocenters. The number of aliphatic hydroxyl groups is 1. The number of pyridine rings is 1. The van der Waals surface area contributed by atoms with E-state index in [0.29, 0.717) is 27.0 Å². The van der Waals surface area contributed by atoms with Crippen molar-refractivity contribution in [2.24, 2.45) is 5.73 Å². The molecule has 0 bridgehead atoms. The lowest BCUT2D eigenvalue weighted by Crippen LogP contribution is -2.15. The second kappa shape index (κ2) is 9.11. The molecule has 1 amide bonds. The van der Waals surface area contributed by atoms with Crippen molar-refractivity contribution in [3.8, 4) is 10.4 Å². The summed E-state index contributed by atoms with van der Waals surface area (Å²) in [6, 6.07) is 10.9. The first kappa shape index (κ1) is 24.1. The highest BCUT2D eigenvalue weighted by Gasteiger charge is 2.21. The third-order valence-electron chi connectivity index (χ3n) is 4.89. The fourth-order valence-electron chi connectivity index (χ4n) is 3.01. The number of rotatable bonds is 8. The van der Waals surface area contributed by atoms with Gasteiger partial charge in [0.1, 0.15) is 16.6 Å². The van der Waals surface area contributed by atoms with Gasteiger partial charge in [-0.05, 0) is 43.7 Å². The van der Waals surface area contributed by atoms with E-state index >= 15 is 0 Å². The average molecular weight is 477 g/mol. The van der Waals surface area contributed by atoms with E-state index in [4.69, 9.17) is 5.73 Å². The van der Waals surface area contributed by atoms with Crippen molar-refractivity contribution in [3.63, 3.8) is 0 Å². The third-order valence-corrected chi connectivity index (χ3v) is 7.78. The molecule has 32 heavy (non-hydrogen) atoms. The Morgan fingerprint density at radius 1 is 1.28 bits per heavy atom. The van der Waals surface area contributed by atoms with E-state index in [1.807, 2.05) is 0 Å². The maximum atomic E-state index is 14.8. The van der Waals surface area contributed by atoms with E-state index < -0.39 is 24.7 Å². The van der Waals surface area contributed by atoms with Crippen LogP contribution in [0.4, 0.5) is 15.2 Å². The number of amides is 1. The van der Waals surface area contributed by atoms with Gasteiger partial charge in [-0.3, -0.25) is 9.36 Å². The minimum Gasteiger partial charge on any atom is -0.386 e. The number of carbonyl (C=O) groups excluding carboxylic acids is 1. The van der Waals surface area contributed by atoms with E-state index in [2.05, 4.69) is 10.3 Å². The fourth-order valence-corrected chi connectivity index (χ4v) is 5.02. The Morgan fingerprint density at radius 2 is 2.00 bits per heavy atom. The first-order valence-electron chi connectivity index (χ1n) is 9.90. The summed E-state index contributed by atoms with van der Waals surface area (Å²) in [5, 5.41) is 13.5. The van der Waals surface area contributed by atoms with Gasteiger partial charge in [0.2, 0.25) is 7.37 Å². The molecule has 1 aromatic carbocycles. The molecule has 0 aliphatic heterocycles. The highest BCUT2D eigenvalue weighted by molar-refractivity contribution is 7.57. The maximum Gasteiger partial charge on any atom is 0.251 e. The summed E-state index contributed by atoms with van der Waals surface area (Å²) in [6.45, 7) is 4.77. The van der Waals surface area contributed by atoms with Crippen LogP contribution in [0.3, 0.4) is 0 Å². The molecular weight excluding hydrogens is 452 g/mol. The van der Waals surface area contributed by atoms with Crippen molar-refractivity contribution < 1.29 is 23.7 Å². The predicted octanol–water partition coefficient (Wildman–Crippen LogP) is 4.81. The molecule has 0 saturated carbocycles. The summed E-state index contributed by atoms with van der Waals surface area (Å²) >= 11 is 1.13. The Kier molecular flexibility index (Phi) is 6.86. The van der Waals surface area contributed by atoms with Gasteiger partial charge in [0.15, 0.2) is 0 Å². The van der Waals surface area contributed by atoms with Crippen LogP contribution in [0, 0.1) is 5.82 Å². The first-order valence-corrected chi connectivity index (χ1v) is 12.7. The molecule has 10 heteroatoms. The number of hydrogen-bond donors (Lipinski definition) is 4.